The fourth-order valence-electron chi connectivity index (χ4n) is 1.75. The van der Waals surface area contributed by atoms with Gasteiger partial charge in [-0.3, -0.25) is 4.98 Å². The van der Waals surface area contributed by atoms with Gasteiger partial charge in [0.2, 0.25) is 0 Å². The summed E-state index contributed by atoms with van der Waals surface area (Å²) in [5, 5.41) is 0.572. The maximum Gasteiger partial charge on any atom is 0.138 e. The molecule has 0 radical (unpaired) electrons. The van der Waals surface area contributed by atoms with Crippen LogP contribution in [0.15, 0.2) is 36.4 Å². The molecule has 0 fully saturated rings. The predicted molar refractivity (Wildman–Crippen MR) is 77.4 cm³/mol. The first kappa shape index (κ1) is 13.8. The number of hydrogen-bond donors (Lipinski definition) is 1. The summed E-state index contributed by atoms with van der Waals surface area (Å²) in [7, 11) is 0. The van der Waals surface area contributed by atoms with E-state index in [0.29, 0.717) is 17.4 Å². The van der Waals surface area contributed by atoms with Crippen molar-refractivity contribution in [3.05, 3.63) is 58.4 Å². The molecule has 1 heterocycles. The lowest BCUT2D eigenvalue weighted by atomic mass is 10.1. The quantitative estimate of drug-likeness (QED) is 0.927. The molecule has 4 heteroatoms. The van der Waals surface area contributed by atoms with Gasteiger partial charge in [-0.2, -0.15) is 0 Å². The fraction of sp³-hybridized carbons (Fsp3) is 0.267. The molecular formula is C15H17ClN2O. The summed E-state index contributed by atoms with van der Waals surface area (Å²) in [6, 6.07) is 11.4. The molecule has 1 aromatic carbocycles. The van der Waals surface area contributed by atoms with Crippen LogP contribution < -0.4 is 10.5 Å². The van der Waals surface area contributed by atoms with E-state index in [-0.39, 0.29) is 6.04 Å². The first-order chi connectivity index (χ1) is 9.06. The van der Waals surface area contributed by atoms with Crippen LogP contribution in [0.1, 0.15) is 29.9 Å². The lowest BCUT2D eigenvalue weighted by molar-refractivity contribution is 0.301. The normalized spacial score (nSPS) is 12.2. The molecule has 0 aliphatic heterocycles. The largest absolute Gasteiger partial charge is 0.486 e. The Kier molecular flexibility index (Phi) is 4.40. The van der Waals surface area contributed by atoms with Crippen LogP contribution in [0.4, 0.5) is 0 Å². The van der Waals surface area contributed by atoms with Crippen LogP contribution in [0, 0.1) is 6.92 Å². The Bertz CT molecular complexity index is 570. The first-order valence-corrected chi connectivity index (χ1v) is 6.54. The molecule has 0 saturated carbocycles. The van der Waals surface area contributed by atoms with Gasteiger partial charge in [0.25, 0.3) is 0 Å². The topological polar surface area (TPSA) is 48.1 Å². The van der Waals surface area contributed by atoms with Gasteiger partial charge in [-0.25, -0.2) is 0 Å². The molecule has 100 valence electrons. The number of aryl methyl sites for hydroxylation is 1. The van der Waals surface area contributed by atoms with Gasteiger partial charge in [0, 0.05) is 11.7 Å². The van der Waals surface area contributed by atoms with Gasteiger partial charge < -0.3 is 10.5 Å². The third-order valence-electron chi connectivity index (χ3n) is 2.80. The van der Waals surface area contributed by atoms with Crippen molar-refractivity contribution in [2.75, 3.05) is 0 Å². The summed E-state index contributed by atoms with van der Waals surface area (Å²) in [6.07, 6.45) is 0. The second-order valence-corrected chi connectivity index (χ2v) is 4.94. The van der Waals surface area contributed by atoms with Gasteiger partial charge in [-0.15, -0.1) is 0 Å². The highest BCUT2D eigenvalue weighted by Gasteiger charge is 2.06. The second kappa shape index (κ2) is 6.04. The zero-order valence-corrected chi connectivity index (χ0v) is 11.8. The number of benzene rings is 1. The van der Waals surface area contributed by atoms with Gasteiger partial charge in [0.1, 0.15) is 12.4 Å². The lowest BCUT2D eigenvalue weighted by Gasteiger charge is -2.11. The summed E-state index contributed by atoms with van der Waals surface area (Å²) in [5.41, 5.74) is 8.65. The fourth-order valence-corrected chi connectivity index (χ4v) is 1.99. The summed E-state index contributed by atoms with van der Waals surface area (Å²) < 4.78 is 5.68. The molecule has 2 N–H and O–H groups in total. The Labute approximate surface area is 118 Å². The van der Waals surface area contributed by atoms with E-state index >= 15 is 0 Å². The van der Waals surface area contributed by atoms with Gasteiger partial charge in [-0.05, 0) is 43.7 Å². The standard InChI is InChI=1S/C15H17ClN2O/c1-10-4-3-5-13(18-10)9-19-15-7-6-12(11(2)17)8-14(15)16/h3-8,11H,9,17H2,1-2H3/t11-/m1/s1. The van der Waals surface area contributed by atoms with Crippen molar-refractivity contribution >= 4 is 11.6 Å². The third-order valence-corrected chi connectivity index (χ3v) is 3.10. The minimum Gasteiger partial charge on any atom is -0.486 e. The Morgan fingerprint density at radius 3 is 2.74 bits per heavy atom. The molecule has 3 nitrogen and oxygen atoms in total. The monoisotopic (exact) mass is 276 g/mol. The molecule has 0 unspecified atom stereocenters. The highest BCUT2D eigenvalue weighted by Crippen LogP contribution is 2.27. The Balaban J connectivity index is 2.07. The van der Waals surface area contributed by atoms with Crippen LogP contribution in [0.3, 0.4) is 0 Å². The van der Waals surface area contributed by atoms with Crippen molar-refractivity contribution in [2.24, 2.45) is 5.73 Å². The number of aromatic nitrogens is 1. The van der Waals surface area contributed by atoms with Gasteiger partial charge in [0.15, 0.2) is 0 Å². The maximum absolute atomic E-state index is 6.17. The van der Waals surface area contributed by atoms with Crippen LogP contribution in [0.2, 0.25) is 5.02 Å². The molecule has 1 atom stereocenters. The number of nitrogens with two attached hydrogens (primary N) is 1. The molecule has 0 aliphatic carbocycles. The van der Waals surface area contributed by atoms with Crippen molar-refractivity contribution in [2.45, 2.75) is 26.5 Å². The molecule has 0 saturated heterocycles. The van der Waals surface area contributed by atoms with Crippen molar-refractivity contribution < 1.29 is 4.74 Å². The van der Waals surface area contributed by atoms with Crippen LogP contribution in [0.25, 0.3) is 0 Å². The Morgan fingerprint density at radius 1 is 1.32 bits per heavy atom. The molecule has 0 amide bonds. The van der Waals surface area contributed by atoms with Crippen LogP contribution >= 0.6 is 11.6 Å². The van der Waals surface area contributed by atoms with Crippen molar-refractivity contribution in [1.82, 2.24) is 4.98 Å². The van der Waals surface area contributed by atoms with Crippen molar-refractivity contribution in [3.8, 4) is 5.75 Å². The van der Waals surface area contributed by atoms with E-state index in [1.165, 1.54) is 0 Å². The smallest absolute Gasteiger partial charge is 0.138 e. The van der Waals surface area contributed by atoms with E-state index in [9.17, 15) is 0 Å². The Hall–Kier alpha value is -1.58. The molecule has 0 aliphatic rings. The molecule has 19 heavy (non-hydrogen) atoms. The summed E-state index contributed by atoms with van der Waals surface area (Å²) in [4.78, 5) is 4.38. The summed E-state index contributed by atoms with van der Waals surface area (Å²) in [6.45, 7) is 4.27. The zero-order valence-electron chi connectivity index (χ0n) is 11.1. The molecule has 2 aromatic rings. The minimum absolute atomic E-state index is 0.0370. The summed E-state index contributed by atoms with van der Waals surface area (Å²) >= 11 is 6.17. The first-order valence-electron chi connectivity index (χ1n) is 6.16. The molecular weight excluding hydrogens is 260 g/mol. The van der Waals surface area contributed by atoms with E-state index < -0.39 is 0 Å². The van der Waals surface area contributed by atoms with E-state index in [1.807, 2.05) is 50.2 Å². The van der Waals surface area contributed by atoms with Crippen LogP contribution in [-0.2, 0) is 6.61 Å². The number of halogens is 1. The van der Waals surface area contributed by atoms with Crippen molar-refractivity contribution in [3.63, 3.8) is 0 Å². The van der Waals surface area contributed by atoms with Crippen LogP contribution in [-0.4, -0.2) is 4.98 Å². The van der Waals surface area contributed by atoms with E-state index in [0.717, 1.165) is 17.0 Å². The third kappa shape index (κ3) is 3.69. The minimum atomic E-state index is -0.0370. The number of pyridine rings is 1. The summed E-state index contributed by atoms with van der Waals surface area (Å²) in [5.74, 6) is 0.648. The second-order valence-electron chi connectivity index (χ2n) is 4.54. The average molecular weight is 277 g/mol. The maximum atomic E-state index is 6.17. The molecule has 2 rings (SSSR count). The lowest BCUT2D eigenvalue weighted by Crippen LogP contribution is -2.05. The Morgan fingerprint density at radius 2 is 2.11 bits per heavy atom. The van der Waals surface area contributed by atoms with Crippen LogP contribution in [0.5, 0.6) is 5.75 Å². The van der Waals surface area contributed by atoms with Crippen molar-refractivity contribution in [1.29, 1.82) is 0 Å². The SMILES string of the molecule is Cc1cccc(COc2ccc([C@@H](C)N)cc2Cl)n1. The van der Waals surface area contributed by atoms with Gasteiger partial charge in [-0.1, -0.05) is 23.7 Å². The number of rotatable bonds is 4. The number of nitrogens with zero attached hydrogens (tertiary/aromatic N) is 1. The molecule has 1 aromatic heterocycles. The predicted octanol–water partition coefficient (Wildman–Crippen LogP) is 3.64. The van der Waals surface area contributed by atoms with E-state index in [1.54, 1.807) is 0 Å². The molecule has 0 spiro atoms. The average Bonchev–Trinajstić information content (AvgIpc) is 2.37. The zero-order chi connectivity index (χ0) is 13.8. The number of hydrogen-bond acceptors (Lipinski definition) is 3. The van der Waals surface area contributed by atoms with E-state index in [4.69, 9.17) is 22.1 Å². The van der Waals surface area contributed by atoms with Gasteiger partial charge >= 0.3 is 0 Å². The highest BCUT2D eigenvalue weighted by molar-refractivity contribution is 6.32. The van der Waals surface area contributed by atoms with Gasteiger partial charge in [0.05, 0.1) is 10.7 Å². The highest BCUT2D eigenvalue weighted by atomic mass is 35.5. The number of ether oxygens (including phenoxy) is 1. The molecule has 0 bridgehead atoms. The van der Waals surface area contributed by atoms with E-state index in [2.05, 4.69) is 4.98 Å².